The van der Waals surface area contributed by atoms with Crippen LogP contribution in [-0.2, 0) is 0 Å². The molecule has 1 aromatic carbocycles. The van der Waals surface area contributed by atoms with E-state index in [1.165, 1.54) is 0 Å². The number of aromatic nitrogens is 3. The van der Waals surface area contributed by atoms with Crippen molar-refractivity contribution in [3.05, 3.63) is 46.9 Å². The van der Waals surface area contributed by atoms with Crippen molar-refractivity contribution in [2.24, 2.45) is 0 Å². The van der Waals surface area contributed by atoms with E-state index in [0.29, 0.717) is 11.4 Å². The van der Waals surface area contributed by atoms with Gasteiger partial charge in [0.05, 0.1) is 17.8 Å². The van der Waals surface area contributed by atoms with Crippen LogP contribution in [0.2, 0.25) is 0 Å². The number of H-pyrrole nitrogens is 1. The van der Waals surface area contributed by atoms with Crippen molar-refractivity contribution < 1.29 is 4.74 Å². The number of aromatic amines is 1. The first-order valence-corrected chi connectivity index (χ1v) is 6.90. The fourth-order valence-corrected chi connectivity index (χ4v) is 2.50. The first-order valence-electron chi connectivity index (χ1n) is 6.49. The van der Waals surface area contributed by atoms with Crippen LogP contribution in [0.15, 0.2) is 36.5 Å². The third-order valence-electron chi connectivity index (χ3n) is 3.07. The highest BCUT2D eigenvalue weighted by atomic mass is 32.1. The Morgan fingerprint density at radius 1 is 1.30 bits per heavy atom. The van der Waals surface area contributed by atoms with Crippen molar-refractivity contribution >= 4 is 23.4 Å². The summed E-state index contributed by atoms with van der Waals surface area (Å²) >= 11 is 5.40. The van der Waals surface area contributed by atoms with Gasteiger partial charge in [-0.15, -0.1) is 0 Å². The summed E-state index contributed by atoms with van der Waals surface area (Å²) in [5.74, 6) is 0.853. The maximum absolute atomic E-state index is 5.45. The van der Waals surface area contributed by atoms with Crippen molar-refractivity contribution in [2.45, 2.75) is 13.8 Å². The first-order chi connectivity index (χ1) is 9.69. The Hall–Kier alpha value is -2.14. The molecule has 0 unspecified atom stereocenters. The lowest BCUT2D eigenvalue weighted by Gasteiger charge is -2.06. The number of nitrogens with one attached hydrogen (secondary N) is 1. The molecule has 0 aliphatic heterocycles. The maximum Gasteiger partial charge on any atom is 0.183 e. The molecule has 0 atom stereocenters. The summed E-state index contributed by atoms with van der Waals surface area (Å²) in [4.78, 5) is 7.66. The largest absolute Gasteiger partial charge is 0.494 e. The smallest absolute Gasteiger partial charge is 0.183 e. The van der Waals surface area contributed by atoms with Crippen LogP contribution in [0, 0.1) is 11.7 Å². The van der Waals surface area contributed by atoms with E-state index in [0.717, 1.165) is 28.2 Å². The Kier molecular flexibility index (Phi) is 3.28. The first kappa shape index (κ1) is 12.9. The normalized spacial score (nSPS) is 10.9. The third kappa shape index (κ3) is 2.20. The number of aryl methyl sites for hydroxylation is 1. The molecule has 2 heterocycles. The van der Waals surface area contributed by atoms with Gasteiger partial charge in [-0.05, 0) is 62.0 Å². The molecule has 0 radical (unpaired) electrons. The van der Waals surface area contributed by atoms with Gasteiger partial charge in [0.2, 0.25) is 0 Å². The van der Waals surface area contributed by atoms with Crippen LogP contribution in [0.25, 0.3) is 16.9 Å². The number of pyridine rings is 1. The van der Waals surface area contributed by atoms with E-state index in [2.05, 4.69) is 9.97 Å². The summed E-state index contributed by atoms with van der Waals surface area (Å²) in [7, 11) is 0. The predicted molar refractivity (Wildman–Crippen MR) is 82.2 cm³/mol. The Balaban J connectivity index is 2.14. The second kappa shape index (κ2) is 5.09. The fourth-order valence-electron chi connectivity index (χ4n) is 2.20. The molecule has 1 N–H and O–H groups in total. The van der Waals surface area contributed by atoms with Crippen molar-refractivity contribution in [1.29, 1.82) is 0 Å². The molecular formula is C15H15N3OS. The lowest BCUT2D eigenvalue weighted by atomic mass is 10.3. The maximum atomic E-state index is 5.45. The molecule has 0 aliphatic rings. The zero-order valence-electron chi connectivity index (χ0n) is 11.4. The van der Waals surface area contributed by atoms with Gasteiger partial charge < -0.3 is 9.72 Å². The highest BCUT2D eigenvalue weighted by molar-refractivity contribution is 7.71. The van der Waals surface area contributed by atoms with Gasteiger partial charge in [0.1, 0.15) is 5.75 Å². The molecule has 20 heavy (non-hydrogen) atoms. The highest BCUT2D eigenvalue weighted by Crippen LogP contribution is 2.20. The predicted octanol–water partition coefficient (Wildman–Crippen LogP) is 3.79. The Bertz CT molecular complexity index is 802. The van der Waals surface area contributed by atoms with Crippen LogP contribution >= 0.6 is 12.2 Å². The van der Waals surface area contributed by atoms with E-state index < -0.39 is 0 Å². The molecule has 0 fully saturated rings. The van der Waals surface area contributed by atoms with E-state index in [1.54, 1.807) is 0 Å². The Labute approximate surface area is 122 Å². The topological polar surface area (TPSA) is 42.8 Å². The third-order valence-corrected chi connectivity index (χ3v) is 3.35. The molecule has 3 aromatic rings. The van der Waals surface area contributed by atoms with Gasteiger partial charge in [-0.3, -0.25) is 4.57 Å². The fraction of sp³-hybridized carbons (Fsp3) is 0.200. The average Bonchev–Trinajstić information content (AvgIpc) is 2.75. The molecule has 0 aliphatic carbocycles. The van der Waals surface area contributed by atoms with Crippen molar-refractivity contribution in [1.82, 2.24) is 14.5 Å². The molecule has 0 bridgehead atoms. The minimum atomic E-state index is 0.641. The Morgan fingerprint density at radius 3 is 2.75 bits per heavy atom. The molecular weight excluding hydrogens is 270 g/mol. The minimum Gasteiger partial charge on any atom is -0.494 e. The summed E-state index contributed by atoms with van der Waals surface area (Å²) < 4.78 is 8.02. The summed E-state index contributed by atoms with van der Waals surface area (Å²) in [6.07, 6.45) is 1.84. The quantitative estimate of drug-likeness (QED) is 0.744. The number of ether oxygens (including phenoxy) is 1. The number of fused-ring (bicyclic) bond motifs is 1. The lowest BCUT2D eigenvalue weighted by Crippen LogP contribution is -1.96. The van der Waals surface area contributed by atoms with Gasteiger partial charge in [-0.2, -0.15) is 0 Å². The van der Waals surface area contributed by atoms with Gasteiger partial charge in [0.25, 0.3) is 0 Å². The lowest BCUT2D eigenvalue weighted by molar-refractivity contribution is 0.340. The van der Waals surface area contributed by atoms with E-state index in [9.17, 15) is 0 Å². The standard InChI is InChI=1S/C15H15N3OS/c1-3-19-12-6-4-11(5-7-12)18-14-13(17-15(18)20)8-10(2)9-16-14/h4-9H,3H2,1-2H3,(H,17,20). The van der Waals surface area contributed by atoms with Gasteiger partial charge in [0.15, 0.2) is 10.4 Å². The van der Waals surface area contributed by atoms with Gasteiger partial charge in [-0.1, -0.05) is 0 Å². The SMILES string of the molecule is CCOc1ccc(-n2c(=S)[nH]c3cc(C)cnc32)cc1. The summed E-state index contributed by atoms with van der Waals surface area (Å²) in [6, 6.07) is 9.88. The molecule has 2 aromatic heterocycles. The molecule has 0 spiro atoms. The summed E-state index contributed by atoms with van der Waals surface area (Å²) in [5, 5.41) is 0. The Morgan fingerprint density at radius 2 is 2.05 bits per heavy atom. The van der Waals surface area contributed by atoms with Crippen LogP contribution in [0.4, 0.5) is 0 Å². The number of nitrogens with zero attached hydrogens (tertiary/aromatic N) is 2. The number of benzene rings is 1. The monoisotopic (exact) mass is 285 g/mol. The van der Waals surface area contributed by atoms with Gasteiger partial charge in [-0.25, -0.2) is 4.98 Å². The molecule has 0 saturated carbocycles. The second-order valence-electron chi connectivity index (χ2n) is 4.58. The van der Waals surface area contributed by atoms with Crippen molar-refractivity contribution in [3.63, 3.8) is 0 Å². The van der Waals surface area contributed by atoms with Crippen molar-refractivity contribution in [3.8, 4) is 11.4 Å². The molecule has 0 amide bonds. The van der Waals surface area contributed by atoms with E-state index >= 15 is 0 Å². The van der Waals surface area contributed by atoms with Gasteiger partial charge >= 0.3 is 0 Å². The van der Waals surface area contributed by atoms with Crippen LogP contribution in [-0.4, -0.2) is 21.1 Å². The van der Waals surface area contributed by atoms with Crippen molar-refractivity contribution in [2.75, 3.05) is 6.61 Å². The highest BCUT2D eigenvalue weighted by Gasteiger charge is 2.08. The molecule has 0 saturated heterocycles. The zero-order valence-corrected chi connectivity index (χ0v) is 12.2. The van der Waals surface area contributed by atoms with Crippen LogP contribution in [0.3, 0.4) is 0 Å². The minimum absolute atomic E-state index is 0.641. The van der Waals surface area contributed by atoms with Crippen LogP contribution < -0.4 is 4.74 Å². The van der Waals surface area contributed by atoms with Crippen LogP contribution in [0.1, 0.15) is 12.5 Å². The summed E-state index contributed by atoms with van der Waals surface area (Å²) in [6.45, 7) is 4.64. The number of hydrogen-bond donors (Lipinski definition) is 1. The number of imidazole rings is 1. The molecule has 3 rings (SSSR count). The van der Waals surface area contributed by atoms with E-state index in [-0.39, 0.29) is 0 Å². The van der Waals surface area contributed by atoms with Crippen LogP contribution in [0.5, 0.6) is 5.75 Å². The number of rotatable bonds is 3. The second-order valence-corrected chi connectivity index (χ2v) is 4.96. The molecule has 4 nitrogen and oxygen atoms in total. The van der Waals surface area contributed by atoms with E-state index in [4.69, 9.17) is 17.0 Å². The zero-order chi connectivity index (χ0) is 14.1. The number of hydrogen-bond acceptors (Lipinski definition) is 3. The molecule has 102 valence electrons. The average molecular weight is 285 g/mol. The van der Waals surface area contributed by atoms with E-state index in [1.807, 2.05) is 54.9 Å². The summed E-state index contributed by atoms with van der Waals surface area (Å²) in [5.41, 5.74) is 3.86. The molecule has 5 heteroatoms. The van der Waals surface area contributed by atoms with Gasteiger partial charge in [0, 0.05) is 6.20 Å².